The lowest BCUT2D eigenvalue weighted by atomic mass is 9.90. The minimum absolute atomic E-state index is 0.105. The van der Waals surface area contributed by atoms with Gasteiger partial charge < -0.3 is 14.7 Å². The van der Waals surface area contributed by atoms with Gasteiger partial charge in [0, 0.05) is 37.0 Å². The average molecular weight is 467 g/mol. The maximum absolute atomic E-state index is 12.5. The maximum atomic E-state index is 12.5. The molecule has 1 atom stereocenters. The zero-order chi connectivity index (χ0) is 24.4. The van der Waals surface area contributed by atoms with Gasteiger partial charge >= 0.3 is 6.18 Å². The van der Waals surface area contributed by atoms with Crippen LogP contribution in [0, 0.1) is 5.41 Å². The van der Waals surface area contributed by atoms with E-state index < -0.39 is 18.9 Å². The Morgan fingerprint density at radius 3 is 2.64 bits per heavy atom. The predicted molar refractivity (Wildman–Crippen MR) is 117 cm³/mol. The van der Waals surface area contributed by atoms with Gasteiger partial charge in [0.2, 0.25) is 0 Å². The van der Waals surface area contributed by atoms with E-state index in [0.29, 0.717) is 23.8 Å². The van der Waals surface area contributed by atoms with Crippen molar-refractivity contribution in [3.8, 4) is 17.3 Å². The van der Waals surface area contributed by atoms with Gasteiger partial charge in [-0.25, -0.2) is 9.97 Å². The van der Waals surface area contributed by atoms with Crippen molar-refractivity contribution in [2.45, 2.75) is 58.7 Å². The molecule has 1 unspecified atom stereocenters. The summed E-state index contributed by atoms with van der Waals surface area (Å²) in [6, 6.07) is 2.84. The number of fused-ring (bicyclic) bond motifs is 1. The number of aliphatic hydroxyl groups excluding tert-OH is 1. The Hall–Kier alpha value is -2.75. The third kappa shape index (κ3) is 6.63. The van der Waals surface area contributed by atoms with Gasteiger partial charge in [-0.05, 0) is 30.7 Å². The van der Waals surface area contributed by atoms with Crippen LogP contribution in [0.25, 0.3) is 11.5 Å². The Morgan fingerprint density at radius 2 is 1.97 bits per heavy atom. The van der Waals surface area contributed by atoms with E-state index in [2.05, 4.69) is 15.0 Å². The molecule has 0 radical (unpaired) electrons. The monoisotopic (exact) mass is 466 g/mol. The van der Waals surface area contributed by atoms with Gasteiger partial charge in [-0.1, -0.05) is 20.8 Å². The van der Waals surface area contributed by atoms with Crippen LogP contribution in [-0.2, 0) is 17.6 Å². The Labute approximate surface area is 191 Å². The number of aromatic nitrogens is 3. The number of alkyl halides is 3. The first-order chi connectivity index (χ1) is 15.3. The van der Waals surface area contributed by atoms with Crippen molar-refractivity contribution in [2.24, 2.45) is 5.41 Å². The highest BCUT2D eigenvalue weighted by Crippen LogP contribution is 2.31. The number of pyridine rings is 1. The van der Waals surface area contributed by atoms with Crippen molar-refractivity contribution < 1.29 is 27.8 Å². The molecule has 0 aromatic carbocycles. The number of Topliss-reactive ketones (excluding diaryl/α,β-unsaturated/α-hetero) is 1. The molecule has 0 aliphatic heterocycles. The highest BCUT2D eigenvalue weighted by molar-refractivity contribution is 5.84. The van der Waals surface area contributed by atoms with Gasteiger partial charge in [-0.15, -0.1) is 0 Å². The fraction of sp³-hybridized carbons (Fsp3) is 0.565. The third-order valence-corrected chi connectivity index (χ3v) is 5.16. The number of ether oxygens (including phenoxy) is 1. The standard InChI is InChI=1S/C23H29F3N4O3/c1-22(2,3)11-14(31)12-30(4)21-16-6-5-7-17(16)28-20(29-21)18-10-15(8-9-27-18)33-13-19(32)23(24,25)26/h8-10,19,32H,5-7,11-13H2,1-4H3. The molecule has 2 heterocycles. The molecule has 0 saturated carbocycles. The molecule has 0 saturated heterocycles. The number of aliphatic hydroxyl groups is 1. The fourth-order valence-electron chi connectivity index (χ4n) is 3.72. The van der Waals surface area contributed by atoms with Crippen LogP contribution in [0.15, 0.2) is 18.3 Å². The summed E-state index contributed by atoms with van der Waals surface area (Å²) in [7, 11) is 1.82. The number of rotatable bonds is 8. The van der Waals surface area contributed by atoms with Crippen LogP contribution < -0.4 is 9.64 Å². The molecule has 0 amide bonds. The molecule has 3 rings (SSSR count). The van der Waals surface area contributed by atoms with E-state index in [0.717, 1.165) is 30.5 Å². The van der Waals surface area contributed by atoms with E-state index in [4.69, 9.17) is 9.84 Å². The molecule has 10 heteroatoms. The summed E-state index contributed by atoms with van der Waals surface area (Å²) in [5.74, 6) is 1.19. The number of nitrogens with zero attached hydrogens (tertiary/aromatic N) is 4. The molecule has 33 heavy (non-hydrogen) atoms. The van der Waals surface area contributed by atoms with Gasteiger partial charge in [0.05, 0.1) is 6.54 Å². The normalized spacial score (nSPS) is 14.7. The summed E-state index contributed by atoms with van der Waals surface area (Å²) in [6.45, 7) is 5.33. The van der Waals surface area contributed by atoms with E-state index >= 15 is 0 Å². The molecule has 0 spiro atoms. The molecule has 1 N–H and O–H groups in total. The fourth-order valence-corrected chi connectivity index (χ4v) is 3.72. The second kappa shape index (κ2) is 9.62. The van der Waals surface area contributed by atoms with E-state index in [-0.39, 0.29) is 23.5 Å². The molecule has 2 aromatic heterocycles. The highest BCUT2D eigenvalue weighted by Gasteiger charge is 2.38. The van der Waals surface area contributed by atoms with E-state index in [1.54, 1.807) is 0 Å². The van der Waals surface area contributed by atoms with Crippen LogP contribution in [0.5, 0.6) is 5.75 Å². The second-order valence-electron chi connectivity index (χ2n) is 9.53. The van der Waals surface area contributed by atoms with Crippen molar-refractivity contribution in [1.82, 2.24) is 15.0 Å². The summed E-state index contributed by atoms with van der Waals surface area (Å²) >= 11 is 0. The van der Waals surface area contributed by atoms with E-state index in [9.17, 15) is 18.0 Å². The summed E-state index contributed by atoms with van der Waals surface area (Å²) in [4.78, 5) is 27.9. The molecule has 7 nitrogen and oxygen atoms in total. The van der Waals surface area contributed by atoms with Crippen LogP contribution in [0.4, 0.5) is 19.0 Å². The topological polar surface area (TPSA) is 88.4 Å². The van der Waals surface area contributed by atoms with Gasteiger partial charge in [-0.3, -0.25) is 9.78 Å². The maximum Gasteiger partial charge on any atom is 0.417 e. The van der Waals surface area contributed by atoms with Crippen LogP contribution >= 0.6 is 0 Å². The van der Waals surface area contributed by atoms with Gasteiger partial charge in [-0.2, -0.15) is 13.2 Å². The minimum Gasteiger partial charge on any atom is -0.490 e. The summed E-state index contributed by atoms with van der Waals surface area (Å²) in [5, 5.41) is 9.16. The van der Waals surface area contributed by atoms with Crippen LogP contribution in [0.1, 0.15) is 44.9 Å². The molecular formula is C23H29F3N4O3. The summed E-state index contributed by atoms with van der Waals surface area (Å²) < 4.78 is 42.7. The molecule has 180 valence electrons. The molecule has 1 aliphatic carbocycles. The first kappa shape index (κ1) is 24.9. The Bertz CT molecular complexity index is 1010. The van der Waals surface area contributed by atoms with E-state index in [1.807, 2.05) is 32.7 Å². The van der Waals surface area contributed by atoms with Crippen molar-refractivity contribution in [1.29, 1.82) is 0 Å². The molecular weight excluding hydrogens is 437 g/mol. The second-order valence-corrected chi connectivity index (χ2v) is 9.53. The van der Waals surface area contributed by atoms with Crippen molar-refractivity contribution in [3.05, 3.63) is 29.6 Å². The van der Waals surface area contributed by atoms with Crippen LogP contribution in [0.2, 0.25) is 0 Å². The van der Waals surface area contributed by atoms with Crippen molar-refractivity contribution in [2.75, 3.05) is 25.1 Å². The molecule has 1 aliphatic rings. The van der Waals surface area contributed by atoms with Crippen molar-refractivity contribution in [3.63, 3.8) is 0 Å². The average Bonchev–Trinajstić information content (AvgIpc) is 3.17. The Morgan fingerprint density at radius 1 is 1.24 bits per heavy atom. The number of anilines is 1. The predicted octanol–water partition coefficient (Wildman–Crippen LogP) is 3.77. The van der Waals surface area contributed by atoms with E-state index in [1.165, 1.54) is 18.3 Å². The number of ketones is 1. The molecule has 2 aromatic rings. The lowest BCUT2D eigenvalue weighted by Crippen LogP contribution is -2.34. The van der Waals surface area contributed by atoms with Crippen LogP contribution in [-0.4, -0.2) is 58.3 Å². The zero-order valence-corrected chi connectivity index (χ0v) is 19.2. The number of halogens is 3. The first-order valence-electron chi connectivity index (χ1n) is 10.8. The Balaban J connectivity index is 1.84. The number of carbonyl (C=O) groups excluding carboxylic acids is 1. The smallest absolute Gasteiger partial charge is 0.417 e. The number of hydrogen-bond acceptors (Lipinski definition) is 7. The SMILES string of the molecule is CN(CC(=O)CC(C)(C)C)c1nc(-c2cc(OCC(O)C(F)(F)F)ccn2)nc2c1CCC2. The lowest BCUT2D eigenvalue weighted by Gasteiger charge is -2.23. The number of aryl methyl sites for hydroxylation is 1. The lowest BCUT2D eigenvalue weighted by molar-refractivity contribution is -0.210. The highest BCUT2D eigenvalue weighted by atomic mass is 19.4. The van der Waals surface area contributed by atoms with Gasteiger partial charge in [0.1, 0.15) is 23.9 Å². The summed E-state index contributed by atoms with van der Waals surface area (Å²) in [6.07, 6.45) is -3.00. The minimum atomic E-state index is -4.76. The molecule has 0 fully saturated rings. The first-order valence-corrected chi connectivity index (χ1v) is 10.8. The van der Waals surface area contributed by atoms with Crippen LogP contribution in [0.3, 0.4) is 0 Å². The third-order valence-electron chi connectivity index (χ3n) is 5.16. The number of hydrogen-bond donors (Lipinski definition) is 1. The zero-order valence-electron chi connectivity index (χ0n) is 19.2. The Kier molecular flexibility index (Phi) is 7.26. The molecule has 0 bridgehead atoms. The van der Waals surface area contributed by atoms with Gasteiger partial charge in [0.25, 0.3) is 0 Å². The van der Waals surface area contributed by atoms with Crippen molar-refractivity contribution >= 4 is 11.6 Å². The quantitative estimate of drug-likeness (QED) is 0.634. The number of carbonyl (C=O) groups is 1. The van der Waals surface area contributed by atoms with Gasteiger partial charge in [0.15, 0.2) is 17.7 Å². The summed E-state index contributed by atoms with van der Waals surface area (Å²) in [5.41, 5.74) is 2.11. The largest absolute Gasteiger partial charge is 0.490 e. The number of likely N-dealkylation sites (N-methyl/N-ethyl adjacent to an activating group) is 1.